The van der Waals surface area contributed by atoms with Crippen LogP contribution in [0.25, 0.3) is 11.4 Å². The SMILES string of the molecule is FC(F)(F)[n+]1cc[nH]c1-c1ccccc1. The minimum Gasteiger partial charge on any atom is -0.243 e. The molecule has 1 aromatic carbocycles. The molecule has 0 bridgehead atoms. The fraction of sp³-hybridized carbons (Fsp3) is 0.100. The van der Waals surface area contributed by atoms with Gasteiger partial charge in [0.2, 0.25) is 0 Å². The topological polar surface area (TPSA) is 19.7 Å². The Bertz CT molecular complexity index is 445. The second-order valence-electron chi connectivity index (χ2n) is 3.01. The van der Waals surface area contributed by atoms with Gasteiger partial charge in [0.25, 0.3) is 5.82 Å². The van der Waals surface area contributed by atoms with E-state index in [1.807, 2.05) is 0 Å². The van der Waals surface area contributed by atoms with Crippen molar-refractivity contribution in [1.29, 1.82) is 0 Å². The van der Waals surface area contributed by atoms with Crippen molar-refractivity contribution in [2.45, 2.75) is 6.30 Å². The van der Waals surface area contributed by atoms with Gasteiger partial charge in [-0.25, -0.2) is 4.98 Å². The second-order valence-corrected chi connectivity index (χ2v) is 3.01. The Morgan fingerprint density at radius 1 is 1.07 bits per heavy atom. The van der Waals surface area contributed by atoms with Gasteiger partial charge in [0.05, 0.1) is 5.56 Å². The Hall–Kier alpha value is -1.78. The third kappa shape index (κ3) is 1.86. The quantitative estimate of drug-likeness (QED) is 0.702. The first-order chi connectivity index (χ1) is 7.09. The number of aromatic nitrogens is 2. The van der Waals surface area contributed by atoms with Gasteiger partial charge < -0.3 is 0 Å². The van der Waals surface area contributed by atoms with E-state index in [1.54, 1.807) is 30.3 Å². The van der Waals surface area contributed by atoms with E-state index < -0.39 is 6.30 Å². The molecule has 5 heteroatoms. The van der Waals surface area contributed by atoms with Crippen molar-refractivity contribution in [2.24, 2.45) is 0 Å². The molecule has 0 saturated carbocycles. The Kier molecular flexibility index (Phi) is 2.22. The molecule has 0 aliphatic rings. The minimum atomic E-state index is -4.40. The third-order valence-corrected chi connectivity index (χ3v) is 2.00. The molecule has 2 rings (SSSR count). The minimum absolute atomic E-state index is 0.0306. The van der Waals surface area contributed by atoms with Gasteiger partial charge in [-0.1, -0.05) is 18.2 Å². The predicted octanol–water partition coefficient (Wildman–Crippen LogP) is 2.45. The standard InChI is InChI=1S/C10H7F3N2/c11-10(12,13)15-7-6-14-9(15)8-4-2-1-3-5-8/h1-7H/p+1. The van der Waals surface area contributed by atoms with Crippen LogP contribution in [0.5, 0.6) is 0 Å². The van der Waals surface area contributed by atoms with Gasteiger partial charge in [0.1, 0.15) is 12.4 Å². The van der Waals surface area contributed by atoms with Crippen LogP contribution in [-0.2, 0) is 6.30 Å². The smallest absolute Gasteiger partial charge is 0.243 e. The van der Waals surface area contributed by atoms with Crippen LogP contribution in [0.2, 0.25) is 0 Å². The number of hydrogen-bond acceptors (Lipinski definition) is 0. The molecule has 1 aromatic heterocycles. The summed E-state index contributed by atoms with van der Waals surface area (Å²) >= 11 is 0. The normalized spacial score (nSPS) is 11.7. The molecule has 15 heavy (non-hydrogen) atoms. The highest BCUT2D eigenvalue weighted by Gasteiger charge is 2.40. The highest BCUT2D eigenvalue weighted by Crippen LogP contribution is 2.20. The van der Waals surface area contributed by atoms with E-state index in [-0.39, 0.29) is 10.4 Å². The van der Waals surface area contributed by atoms with Gasteiger partial charge in [0.15, 0.2) is 0 Å². The summed E-state index contributed by atoms with van der Waals surface area (Å²) in [4.78, 5) is 2.57. The summed E-state index contributed by atoms with van der Waals surface area (Å²) in [5, 5.41) is 0. The van der Waals surface area contributed by atoms with Crippen molar-refractivity contribution < 1.29 is 17.7 Å². The predicted molar refractivity (Wildman–Crippen MR) is 47.7 cm³/mol. The molecule has 0 atom stereocenters. The average molecular weight is 213 g/mol. The highest BCUT2D eigenvalue weighted by molar-refractivity contribution is 5.51. The van der Waals surface area contributed by atoms with Crippen molar-refractivity contribution >= 4 is 0 Å². The van der Waals surface area contributed by atoms with Crippen LogP contribution in [-0.4, -0.2) is 4.98 Å². The molecule has 1 heterocycles. The summed E-state index contributed by atoms with van der Waals surface area (Å²) in [5.41, 5.74) is 0.500. The Morgan fingerprint density at radius 2 is 1.73 bits per heavy atom. The van der Waals surface area contributed by atoms with Gasteiger partial charge in [0, 0.05) is 0 Å². The molecule has 78 valence electrons. The van der Waals surface area contributed by atoms with Crippen LogP contribution >= 0.6 is 0 Å². The molecule has 1 N–H and O–H groups in total. The molecule has 0 spiro atoms. The number of aromatic amines is 1. The molecule has 0 saturated heterocycles. The summed E-state index contributed by atoms with van der Waals surface area (Å²) in [6.07, 6.45) is -2.18. The zero-order valence-corrected chi connectivity index (χ0v) is 7.62. The van der Waals surface area contributed by atoms with E-state index in [2.05, 4.69) is 4.98 Å². The number of imidazole rings is 1. The lowest BCUT2D eigenvalue weighted by Gasteiger charge is -2.03. The first-order valence-corrected chi connectivity index (χ1v) is 4.31. The monoisotopic (exact) mass is 213 g/mol. The summed E-state index contributed by atoms with van der Waals surface area (Å²) < 4.78 is 37.8. The van der Waals surface area contributed by atoms with Crippen LogP contribution in [0.1, 0.15) is 0 Å². The Morgan fingerprint density at radius 3 is 2.33 bits per heavy atom. The molecular weight excluding hydrogens is 205 g/mol. The molecule has 0 unspecified atom stereocenters. The summed E-state index contributed by atoms with van der Waals surface area (Å²) in [6, 6.07) is 8.38. The lowest BCUT2D eigenvalue weighted by molar-refractivity contribution is -0.846. The first kappa shape index (κ1) is 9.76. The third-order valence-electron chi connectivity index (χ3n) is 2.00. The second kappa shape index (κ2) is 3.42. The maximum Gasteiger partial charge on any atom is 0.567 e. The van der Waals surface area contributed by atoms with Crippen molar-refractivity contribution in [3.05, 3.63) is 42.7 Å². The average Bonchev–Trinajstić information content (AvgIpc) is 2.67. The number of H-pyrrole nitrogens is 1. The van der Waals surface area contributed by atoms with E-state index in [0.717, 1.165) is 6.20 Å². The molecule has 0 fully saturated rings. The van der Waals surface area contributed by atoms with E-state index in [1.165, 1.54) is 6.20 Å². The van der Waals surface area contributed by atoms with Gasteiger partial charge in [-0.05, 0) is 12.1 Å². The molecule has 0 aliphatic carbocycles. The number of halogens is 3. The molecule has 0 amide bonds. The summed E-state index contributed by atoms with van der Waals surface area (Å²) in [6.45, 7) is 0. The van der Waals surface area contributed by atoms with Crippen LogP contribution in [0.4, 0.5) is 13.2 Å². The number of nitrogens with one attached hydrogen (secondary N) is 1. The Balaban J connectivity index is 2.51. The number of benzene rings is 1. The van der Waals surface area contributed by atoms with Gasteiger partial charge in [-0.3, -0.25) is 0 Å². The maximum absolute atomic E-state index is 12.5. The van der Waals surface area contributed by atoms with E-state index in [0.29, 0.717) is 5.56 Å². The largest absolute Gasteiger partial charge is 0.567 e. The van der Waals surface area contributed by atoms with Gasteiger partial charge in [-0.15, -0.1) is 17.7 Å². The van der Waals surface area contributed by atoms with Crippen LogP contribution < -0.4 is 4.57 Å². The van der Waals surface area contributed by atoms with E-state index >= 15 is 0 Å². The summed E-state index contributed by atoms with van der Waals surface area (Å²) in [7, 11) is 0. The molecule has 2 nitrogen and oxygen atoms in total. The number of hydrogen-bond donors (Lipinski definition) is 1. The Labute approximate surface area is 84.0 Å². The van der Waals surface area contributed by atoms with E-state index in [9.17, 15) is 13.2 Å². The van der Waals surface area contributed by atoms with Crippen molar-refractivity contribution in [3.8, 4) is 11.4 Å². The number of alkyl halides is 3. The zero-order valence-electron chi connectivity index (χ0n) is 7.62. The van der Waals surface area contributed by atoms with Crippen LogP contribution in [0, 0.1) is 0 Å². The van der Waals surface area contributed by atoms with Crippen molar-refractivity contribution in [3.63, 3.8) is 0 Å². The van der Waals surface area contributed by atoms with Gasteiger partial charge >= 0.3 is 6.30 Å². The van der Waals surface area contributed by atoms with Crippen molar-refractivity contribution in [1.82, 2.24) is 4.98 Å². The lowest BCUT2D eigenvalue weighted by atomic mass is 10.2. The molecule has 2 aromatic rings. The zero-order chi connectivity index (χ0) is 10.9. The van der Waals surface area contributed by atoms with E-state index in [4.69, 9.17) is 0 Å². The fourth-order valence-corrected chi connectivity index (χ4v) is 1.36. The van der Waals surface area contributed by atoms with Crippen molar-refractivity contribution in [2.75, 3.05) is 0 Å². The maximum atomic E-state index is 12.5. The number of nitrogens with zero attached hydrogens (tertiary/aromatic N) is 1. The molecule has 0 radical (unpaired) electrons. The fourth-order valence-electron chi connectivity index (χ4n) is 1.36. The highest BCUT2D eigenvalue weighted by atomic mass is 19.4. The first-order valence-electron chi connectivity index (χ1n) is 4.31. The lowest BCUT2D eigenvalue weighted by Crippen LogP contribution is -2.47. The van der Waals surface area contributed by atoms with Crippen LogP contribution in [0.15, 0.2) is 42.7 Å². The van der Waals surface area contributed by atoms with Gasteiger partial charge in [-0.2, -0.15) is 0 Å². The summed E-state index contributed by atoms with van der Waals surface area (Å²) in [5.74, 6) is 0.0306. The molecule has 0 aliphatic heterocycles. The number of rotatable bonds is 1. The van der Waals surface area contributed by atoms with Crippen LogP contribution in [0.3, 0.4) is 0 Å². The molecular formula is C10H8F3N2+.